The maximum atomic E-state index is 11.9. The van der Waals surface area contributed by atoms with Crippen LogP contribution in [0.3, 0.4) is 0 Å². The first kappa shape index (κ1) is 13.0. The van der Waals surface area contributed by atoms with Gasteiger partial charge in [-0.3, -0.25) is 0 Å². The lowest BCUT2D eigenvalue weighted by molar-refractivity contribution is -0.203. The summed E-state index contributed by atoms with van der Waals surface area (Å²) in [5, 5.41) is 0. The molecule has 0 saturated heterocycles. The van der Waals surface area contributed by atoms with Gasteiger partial charge in [-0.25, -0.2) is 4.79 Å². The molecular weight excluding hydrogens is 225 g/mol. The largest absolute Gasteiger partial charge is 0.490 e. The highest BCUT2D eigenvalue weighted by molar-refractivity contribution is 5.75. The zero-order chi connectivity index (χ0) is 12.2. The van der Waals surface area contributed by atoms with Crippen molar-refractivity contribution in [2.75, 3.05) is 6.61 Å². The predicted octanol–water partition coefficient (Wildman–Crippen LogP) is 2.22. The second-order valence-corrected chi connectivity index (χ2v) is 3.40. The molecule has 0 fully saturated rings. The Morgan fingerprint density at radius 2 is 1.88 bits per heavy atom. The van der Waals surface area contributed by atoms with Crippen molar-refractivity contribution in [2.45, 2.75) is 38.1 Å². The summed E-state index contributed by atoms with van der Waals surface area (Å²) in [6.07, 6.45) is -1.85. The van der Waals surface area contributed by atoms with Crippen LogP contribution in [0.5, 0.6) is 0 Å². The summed E-state index contributed by atoms with van der Waals surface area (Å²) in [4.78, 5) is 10.5. The number of hydrogen-bond acceptors (Lipinski definition) is 3. The summed E-state index contributed by atoms with van der Waals surface area (Å²) in [5.74, 6) is -2.14. The molecule has 0 aliphatic heterocycles. The van der Waals surface area contributed by atoms with Crippen LogP contribution in [0.25, 0.3) is 0 Å². The molecule has 0 bridgehead atoms. The summed E-state index contributed by atoms with van der Waals surface area (Å²) in [7, 11) is 0. The van der Waals surface area contributed by atoms with Crippen LogP contribution >= 0.6 is 0 Å². The van der Waals surface area contributed by atoms with Gasteiger partial charge >= 0.3 is 12.1 Å². The molecule has 3 nitrogen and oxygen atoms in total. The summed E-state index contributed by atoms with van der Waals surface area (Å²) < 4.78 is 45.2. The van der Waals surface area contributed by atoms with Crippen molar-refractivity contribution in [3.8, 4) is 0 Å². The van der Waals surface area contributed by atoms with Crippen LogP contribution in [-0.2, 0) is 14.3 Å². The zero-order valence-corrected chi connectivity index (χ0v) is 8.79. The minimum Gasteiger partial charge on any atom is -0.451 e. The van der Waals surface area contributed by atoms with Crippen LogP contribution in [-0.4, -0.2) is 31.0 Å². The number of rotatable bonds is 3. The van der Waals surface area contributed by atoms with Crippen LogP contribution in [0.2, 0.25) is 0 Å². The molecule has 0 aromatic heterocycles. The minimum absolute atomic E-state index is 0.0918. The number of ether oxygens (including phenoxy) is 2. The van der Waals surface area contributed by atoms with Gasteiger partial charge in [0.05, 0.1) is 6.10 Å². The van der Waals surface area contributed by atoms with Gasteiger partial charge in [-0.2, -0.15) is 13.2 Å². The van der Waals surface area contributed by atoms with E-state index >= 15 is 0 Å². The highest BCUT2D eigenvalue weighted by atomic mass is 19.4. The summed E-state index contributed by atoms with van der Waals surface area (Å²) in [5.41, 5.74) is 0. The maximum Gasteiger partial charge on any atom is 0.490 e. The van der Waals surface area contributed by atoms with E-state index in [-0.39, 0.29) is 6.10 Å². The van der Waals surface area contributed by atoms with E-state index < -0.39 is 18.2 Å². The van der Waals surface area contributed by atoms with Crippen LogP contribution < -0.4 is 0 Å². The number of esters is 1. The van der Waals surface area contributed by atoms with Gasteiger partial charge in [0.1, 0.15) is 6.10 Å². The molecule has 0 spiro atoms. The lowest BCUT2D eigenvalue weighted by atomic mass is 10.0. The number of carbonyl (C=O) groups excluding carboxylic acids is 1. The lowest BCUT2D eigenvalue weighted by Gasteiger charge is -2.23. The van der Waals surface area contributed by atoms with Crippen LogP contribution in [0.1, 0.15) is 19.8 Å². The molecule has 2 atom stereocenters. The fourth-order valence-electron chi connectivity index (χ4n) is 1.42. The van der Waals surface area contributed by atoms with Crippen molar-refractivity contribution in [1.82, 2.24) is 0 Å². The predicted molar refractivity (Wildman–Crippen MR) is 49.7 cm³/mol. The van der Waals surface area contributed by atoms with Gasteiger partial charge in [0.15, 0.2) is 0 Å². The van der Waals surface area contributed by atoms with Crippen LogP contribution in [0.15, 0.2) is 12.2 Å². The van der Waals surface area contributed by atoms with Crippen molar-refractivity contribution in [3.63, 3.8) is 0 Å². The number of hydrogen-bond donors (Lipinski definition) is 0. The Morgan fingerprint density at radius 3 is 2.31 bits per heavy atom. The Kier molecular flexibility index (Phi) is 4.35. The third kappa shape index (κ3) is 3.84. The molecule has 6 heteroatoms. The number of alkyl halides is 3. The van der Waals surface area contributed by atoms with E-state index in [0.717, 1.165) is 0 Å². The lowest BCUT2D eigenvalue weighted by Crippen LogP contribution is -2.31. The maximum absolute atomic E-state index is 11.9. The monoisotopic (exact) mass is 238 g/mol. The second-order valence-electron chi connectivity index (χ2n) is 3.40. The second kappa shape index (κ2) is 5.34. The van der Waals surface area contributed by atoms with Gasteiger partial charge in [-0.05, 0) is 25.8 Å². The molecule has 0 radical (unpaired) electrons. The molecule has 1 aliphatic rings. The van der Waals surface area contributed by atoms with Crippen molar-refractivity contribution in [1.29, 1.82) is 0 Å². The highest BCUT2D eigenvalue weighted by Gasteiger charge is 2.42. The van der Waals surface area contributed by atoms with Crippen molar-refractivity contribution in [3.05, 3.63) is 12.2 Å². The van der Waals surface area contributed by atoms with Gasteiger partial charge in [0.2, 0.25) is 0 Å². The first-order chi connectivity index (χ1) is 7.43. The van der Waals surface area contributed by atoms with Gasteiger partial charge in [0, 0.05) is 6.61 Å². The molecule has 0 unspecified atom stereocenters. The molecule has 0 aromatic rings. The van der Waals surface area contributed by atoms with Crippen LogP contribution in [0.4, 0.5) is 13.2 Å². The molecule has 16 heavy (non-hydrogen) atoms. The van der Waals surface area contributed by atoms with E-state index in [9.17, 15) is 18.0 Å². The van der Waals surface area contributed by atoms with Gasteiger partial charge < -0.3 is 9.47 Å². The topological polar surface area (TPSA) is 35.5 Å². The summed E-state index contributed by atoms with van der Waals surface area (Å²) >= 11 is 0. The minimum atomic E-state index is -4.93. The van der Waals surface area contributed by atoms with Gasteiger partial charge in [-0.15, -0.1) is 0 Å². The Labute approximate surface area is 91.2 Å². The standard InChI is InChI=1S/C10H13F3O3/c1-2-15-7-3-5-8(6-4-7)16-9(14)10(11,12)13/h3,5,7-8H,2,4,6H2,1H3/t7-,8-/m0/s1. The molecular formula is C10H13F3O3. The van der Waals surface area contributed by atoms with E-state index in [1.165, 1.54) is 6.08 Å². The van der Waals surface area contributed by atoms with E-state index in [1.807, 2.05) is 6.92 Å². The molecule has 0 aromatic carbocycles. The quantitative estimate of drug-likeness (QED) is 0.558. The fraction of sp³-hybridized carbons (Fsp3) is 0.700. The third-order valence-corrected chi connectivity index (χ3v) is 2.15. The molecule has 0 N–H and O–H groups in total. The summed E-state index contributed by atoms with van der Waals surface area (Å²) in [6.45, 7) is 2.38. The van der Waals surface area contributed by atoms with E-state index in [4.69, 9.17) is 4.74 Å². The molecule has 0 heterocycles. The Bertz CT molecular complexity index is 273. The average molecular weight is 238 g/mol. The molecule has 0 amide bonds. The van der Waals surface area contributed by atoms with Crippen molar-refractivity contribution < 1.29 is 27.4 Å². The molecule has 0 saturated carbocycles. The molecule has 1 aliphatic carbocycles. The molecule has 92 valence electrons. The number of halogens is 3. The van der Waals surface area contributed by atoms with Crippen molar-refractivity contribution in [2.24, 2.45) is 0 Å². The first-order valence-electron chi connectivity index (χ1n) is 5.01. The highest BCUT2D eigenvalue weighted by Crippen LogP contribution is 2.22. The van der Waals surface area contributed by atoms with Gasteiger partial charge in [0.25, 0.3) is 0 Å². The van der Waals surface area contributed by atoms with Crippen LogP contribution in [0, 0.1) is 0 Å². The summed E-state index contributed by atoms with van der Waals surface area (Å²) in [6, 6.07) is 0. The van der Waals surface area contributed by atoms with E-state index in [0.29, 0.717) is 19.4 Å². The normalized spacial score (nSPS) is 25.5. The smallest absolute Gasteiger partial charge is 0.451 e. The van der Waals surface area contributed by atoms with E-state index in [1.54, 1.807) is 6.08 Å². The van der Waals surface area contributed by atoms with Gasteiger partial charge in [-0.1, -0.05) is 6.08 Å². The SMILES string of the molecule is CCO[C@H]1C=C[C@H](OC(=O)C(F)(F)F)CC1. The first-order valence-corrected chi connectivity index (χ1v) is 5.01. The Morgan fingerprint density at radius 1 is 1.31 bits per heavy atom. The average Bonchev–Trinajstić information content (AvgIpc) is 2.20. The Balaban J connectivity index is 2.42. The third-order valence-electron chi connectivity index (χ3n) is 2.15. The molecule has 1 rings (SSSR count). The Hall–Kier alpha value is -1.04. The number of carbonyl (C=O) groups is 1. The van der Waals surface area contributed by atoms with E-state index in [2.05, 4.69) is 4.74 Å². The fourth-order valence-corrected chi connectivity index (χ4v) is 1.42. The zero-order valence-electron chi connectivity index (χ0n) is 8.79. The van der Waals surface area contributed by atoms with Crippen molar-refractivity contribution >= 4 is 5.97 Å².